The summed E-state index contributed by atoms with van der Waals surface area (Å²) in [5.74, 6) is 2.32. The maximum absolute atomic E-state index is 8.88. The first-order chi connectivity index (χ1) is 5.35. The van der Waals surface area contributed by atoms with Crippen LogP contribution in [0.3, 0.4) is 0 Å². The lowest BCUT2D eigenvalue weighted by Crippen LogP contribution is -2.32. The van der Waals surface area contributed by atoms with Gasteiger partial charge in [0.1, 0.15) is 0 Å². The number of aliphatic hydroxyl groups is 1. The molecule has 0 heterocycles. The molecule has 2 nitrogen and oxygen atoms in total. The molecule has 0 spiro atoms. The maximum atomic E-state index is 8.88. The number of hydrogen-bond donors (Lipinski definition) is 2. The average molecular weight is 177 g/mol. The Labute approximate surface area is 73.8 Å². The van der Waals surface area contributed by atoms with Crippen LogP contribution in [-0.2, 0) is 0 Å². The summed E-state index contributed by atoms with van der Waals surface area (Å²) in [6.45, 7) is 5.43. The van der Waals surface area contributed by atoms with E-state index in [1.807, 2.05) is 11.8 Å². The van der Waals surface area contributed by atoms with E-state index < -0.39 is 0 Å². The highest BCUT2D eigenvalue weighted by atomic mass is 32.2. The molecule has 1 atom stereocenters. The van der Waals surface area contributed by atoms with Crippen LogP contribution in [0, 0.1) is 0 Å². The number of likely N-dealkylation sites (N-methyl/N-ethyl adjacent to an activating group) is 1. The summed E-state index contributed by atoms with van der Waals surface area (Å²) in [7, 11) is 0. The van der Waals surface area contributed by atoms with Crippen LogP contribution in [0.2, 0.25) is 0 Å². The molecule has 0 saturated carbocycles. The normalized spacial score (nSPS) is 13.4. The smallest absolute Gasteiger partial charge is 0.0584 e. The maximum Gasteiger partial charge on any atom is 0.0584 e. The molecule has 0 rings (SSSR count). The van der Waals surface area contributed by atoms with Gasteiger partial charge in [0.25, 0.3) is 0 Å². The number of nitrogens with one attached hydrogen (secondary N) is 1. The zero-order chi connectivity index (χ0) is 8.53. The highest BCUT2D eigenvalue weighted by Gasteiger charge is 2.03. The second-order valence-corrected chi connectivity index (χ2v) is 3.82. The van der Waals surface area contributed by atoms with Gasteiger partial charge in [0.15, 0.2) is 0 Å². The Morgan fingerprint density at radius 2 is 2.18 bits per heavy atom. The molecule has 0 radical (unpaired) electrons. The summed E-state index contributed by atoms with van der Waals surface area (Å²) in [5, 5.41) is 12.1. The topological polar surface area (TPSA) is 32.3 Å². The molecule has 0 aromatic rings. The summed E-state index contributed by atoms with van der Waals surface area (Å²) in [5.41, 5.74) is 0. The summed E-state index contributed by atoms with van der Waals surface area (Å²) < 4.78 is 0. The largest absolute Gasteiger partial charge is 0.395 e. The second kappa shape index (κ2) is 8.37. The first kappa shape index (κ1) is 11.3. The highest BCUT2D eigenvalue weighted by molar-refractivity contribution is 7.99. The number of thioether (sulfide) groups is 1. The van der Waals surface area contributed by atoms with Crippen molar-refractivity contribution in [1.82, 2.24) is 5.32 Å². The molecular formula is C8H19NOS. The minimum atomic E-state index is 0.262. The van der Waals surface area contributed by atoms with Gasteiger partial charge < -0.3 is 10.4 Å². The molecule has 0 aliphatic rings. The van der Waals surface area contributed by atoms with E-state index >= 15 is 0 Å². The third-order valence-corrected chi connectivity index (χ3v) is 2.46. The van der Waals surface area contributed by atoms with Gasteiger partial charge in [-0.05, 0) is 24.5 Å². The van der Waals surface area contributed by atoms with Crippen molar-refractivity contribution in [3.8, 4) is 0 Å². The first-order valence-electron chi connectivity index (χ1n) is 4.27. The van der Waals surface area contributed by atoms with E-state index in [4.69, 9.17) is 5.11 Å². The monoisotopic (exact) mass is 177 g/mol. The predicted molar refractivity (Wildman–Crippen MR) is 52.2 cm³/mol. The van der Waals surface area contributed by atoms with Crippen molar-refractivity contribution in [3.05, 3.63) is 0 Å². The molecule has 0 fully saturated rings. The molecule has 3 heteroatoms. The summed E-state index contributed by atoms with van der Waals surface area (Å²) in [6, 6.07) is 0.305. The van der Waals surface area contributed by atoms with Crippen LogP contribution in [-0.4, -0.2) is 35.8 Å². The van der Waals surface area contributed by atoms with Gasteiger partial charge >= 0.3 is 0 Å². The van der Waals surface area contributed by atoms with Crippen molar-refractivity contribution in [2.45, 2.75) is 26.3 Å². The SMILES string of the molecule is CCNC(CO)CCSCC. The number of rotatable bonds is 7. The number of aliphatic hydroxyl groups excluding tert-OH is 1. The molecule has 0 bridgehead atoms. The van der Waals surface area contributed by atoms with Crippen LogP contribution in [0.25, 0.3) is 0 Å². The van der Waals surface area contributed by atoms with Gasteiger partial charge in [-0.25, -0.2) is 0 Å². The quantitative estimate of drug-likeness (QED) is 0.571. The van der Waals surface area contributed by atoms with Gasteiger partial charge in [0, 0.05) is 6.04 Å². The van der Waals surface area contributed by atoms with Crippen LogP contribution in [0.1, 0.15) is 20.3 Å². The van der Waals surface area contributed by atoms with E-state index in [1.165, 1.54) is 5.75 Å². The summed E-state index contributed by atoms with van der Waals surface area (Å²) >= 11 is 1.93. The van der Waals surface area contributed by atoms with Crippen LogP contribution < -0.4 is 5.32 Å². The molecule has 2 N–H and O–H groups in total. The summed E-state index contributed by atoms with van der Waals surface area (Å²) in [6.07, 6.45) is 1.07. The fourth-order valence-electron chi connectivity index (χ4n) is 0.917. The van der Waals surface area contributed by atoms with Gasteiger partial charge in [0.2, 0.25) is 0 Å². The average Bonchev–Trinajstić information content (AvgIpc) is 2.03. The molecule has 0 aliphatic carbocycles. The number of hydrogen-bond acceptors (Lipinski definition) is 3. The van der Waals surface area contributed by atoms with E-state index in [-0.39, 0.29) is 6.61 Å². The lowest BCUT2D eigenvalue weighted by atomic mass is 10.2. The standard InChI is InChI=1S/C8H19NOS/c1-3-9-8(7-10)5-6-11-4-2/h8-10H,3-7H2,1-2H3. The van der Waals surface area contributed by atoms with Crippen molar-refractivity contribution in [2.24, 2.45) is 0 Å². The van der Waals surface area contributed by atoms with Crippen LogP contribution in [0.5, 0.6) is 0 Å². The Hall–Kier alpha value is 0.270. The van der Waals surface area contributed by atoms with Gasteiger partial charge in [0.05, 0.1) is 6.61 Å². The fraction of sp³-hybridized carbons (Fsp3) is 1.00. The van der Waals surface area contributed by atoms with Gasteiger partial charge in [-0.1, -0.05) is 13.8 Å². The van der Waals surface area contributed by atoms with E-state index in [0.717, 1.165) is 18.7 Å². The molecule has 1 unspecified atom stereocenters. The van der Waals surface area contributed by atoms with E-state index in [9.17, 15) is 0 Å². The Bertz CT molecular complexity index is 80.5. The highest BCUT2D eigenvalue weighted by Crippen LogP contribution is 2.03. The van der Waals surface area contributed by atoms with Crippen molar-refractivity contribution in [1.29, 1.82) is 0 Å². The van der Waals surface area contributed by atoms with Crippen molar-refractivity contribution in [3.63, 3.8) is 0 Å². The minimum Gasteiger partial charge on any atom is -0.395 e. The van der Waals surface area contributed by atoms with E-state index in [1.54, 1.807) is 0 Å². The Kier molecular flexibility index (Phi) is 8.57. The predicted octanol–water partition coefficient (Wildman–Crippen LogP) is 1.10. The van der Waals surface area contributed by atoms with Crippen LogP contribution in [0.4, 0.5) is 0 Å². The summed E-state index contributed by atoms with van der Waals surface area (Å²) in [4.78, 5) is 0. The van der Waals surface area contributed by atoms with Crippen LogP contribution in [0.15, 0.2) is 0 Å². The van der Waals surface area contributed by atoms with Crippen molar-refractivity contribution >= 4 is 11.8 Å². The van der Waals surface area contributed by atoms with Gasteiger partial charge in [-0.2, -0.15) is 11.8 Å². The molecule has 0 aromatic heterocycles. The van der Waals surface area contributed by atoms with Crippen molar-refractivity contribution in [2.75, 3.05) is 24.7 Å². The molecule has 68 valence electrons. The van der Waals surface area contributed by atoms with Gasteiger partial charge in [-0.3, -0.25) is 0 Å². The fourth-order valence-corrected chi connectivity index (χ4v) is 1.66. The molecule has 0 aliphatic heterocycles. The minimum absolute atomic E-state index is 0.262. The third kappa shape index (κ3) is 6.66. The molecule has 0 saturated heterocycles. The second-order valence-electron chi connectivity index (χ2n) is 2.42. The van der Waals surface area contributed by atoms with Gasteiger partial charge in [-0.15, -0.1) is 0 Å². The molecule has 11 heavy (non-hydrogen) atoms. The zero-order valence-electron chi connectivity index (χ0n) is 7.47. The first-order valence-corrected chi connectivity index (χ1v) is 5.42. The van der Waals surface area contributed by atoms with Crippen LogP contribution >= 0.6 is 11.8 Å². The third-order valence-electron chi connectivity index (χ3n) is 1.53. The Balaban J connectivity index is 3.20. The Morgan fingerprint density at radius 1 is 1.45 bits per heavy atom. The van der Waals surface area contributed by atoms with Crippen molar-refractivity contribution < 1.29 is 5.11 Å². The van der Waals surface area contributed by atoms with E-state index in [0.29, 0.717) is 6.04 Å². The Morgan fingerprint density at radius 3 is 2.64 bits per heavy atom. The molecule has 0 aromatic carbocycles. The van der Waals surface area contributed by atoms with E-state index in [2.05, 4.69) is 19.2 Å². The lowest BCUT2D eigenvalue weighted by molar-refractivity contribution is 0.242. The lowest BCUT2D eigenvalue weighted by Gasteiger charge is -2.13. The zero-order valence-corrected chi connectivity index (χ0v) is 8.28. The molecule has 0 amide bonds. The molecular weight excluding hydrogens is 158 g/mol.